The van der Waals surface area contributed by atoms with Crippen molar-refractivity contribution in [2.24, 2.45) is 0 Å². The molecule has 0 unspecified atom stereocenters. The molecule has 0 aromatic carbocycles. The van der Waals surface area contributed by atoms with Crippen molar-refractivity contribution in [1.82, 2.24) is 9.88 Å². The van der Waals surface area contributed by atoms with Crippen LogP contribution in [0.3, 0.4) is 0 Å². The third kappa shape index (κ3) is 3.06. The first-order valence-electron chi connectivity index (χ1n) is 7.10. The highest BCUT2D eigenvalue weighted by molar-refractivity contribution is 7.13. The summed E-state index contributed by atoms with van der Waals surface area (Å²) in [4.78, 5) is 18.6. The summed E-state index contributed by atoms with van der Waals surface area (Å²) in [5.74, 6) is -0.0922. The summed E-state index contributed by atoms with van der Waals surface area (Å²) < 4.78 is 10.1. The molecule has 118 valence electrons. The van der Waals surface area contributed by atoms with Gasteiger partial charge in [-0.25, -0.2) is 4.98 Å². The van der Waals surface area contributed by atoms with Crippen molar-refractivity contribution in [3.63, 3.8) is 0 Å². The van der Waals surface area contributed by atoms with E-state index in [2.05, 4.69) is 4.98 Å². The van der Waals surface area contributed by atoms with Crippen LogP contribution in [-0.2, 0) is 4.74 Å². The van der Waals surface area contributed by atoms with Crippen molar-refractivity contribution in [3.8, 4) is 10.6 Å². The van der Waals surface area contributed by atoms with E-state index in [1.54, 1.807) is 29.9 Å². The SMILES string of the molecule is COCC1(O)CCN(C(=O)c2csc(-c3ccoc3)n2)CC1. The number of rotatable bonds is 4. The first-order chi connectivity index (χ1) is 10.6. The van der Waals surface area contributed by atoms with Crippen LogP contribution in [0.2, 0.25) is 0 Å². The van der Waals surface area contributed by atoms with E-state index in [0.29, 0.717) is 38.2 Å². The van der Waals surface area contributed by atoms with E-state index < -0.39 is 5.60 Å². The summed E-state index contributed by atoms with van der Waals surface area (Å²) in [5, 5.41) is 12.8. The van der Waals surface area contributed by atoms with E-state index in [-0.39, 0.29) is 5.91 Å². The van der Waals surface area contributed by atoms with Crippen LogP contribution in [0.15, 0.2) is 28.4 Å². The number of ether oxygens (including phenoxy) is 1. The summed E-state index contributed by atoms with van der Waals surface area (Å²) >= 11 is 1.42. The monoisotopic (exact) mass is 322 g/mol. The Labute approximate surface area is 132 Å². The zero-order chi connectivity index (χ0) is 15.6. The van der Waals surface area contributed by atoms with Gasteiger partial charge >= 0.3 is 0 Å². The van der Waals surface area contributed by atoms with Crippen LogP contribution in [0.25, 0.3) is 10.6 Å². The molecule has 1 N–H and O–H groups in total. The molecule has 3 heterocycles. The lowest BCUT2D eigenvalue weighted by Gasteiger charge is -2.37. The molecule has 1 aliphatic heterocycles. The van der Waals surface area contributed by atoms with Crippen molar-refractivity contribution in [3.05, 3.63) is 29.7 Å². The number of carbonyl (C=O) groups is 1. The summed E-state index contributed by atoms with van der Waals surface area (Å²) in [5.41, 5.74) is 0.491. The molecule has 2 aromatic rings. The maximum Gasteiger partial charge on any atom is 0.273 e. The zero-order valence-corrected chi connectivity index (χ0v) is 13.1. The van der Waals surface area contributed by atoms with Crippen LogP contribution < -0.4 is 0 Å². The lowest BCUT2D eigenvalue weighted by Crippen LogP contribution is -2.48. The molecule has 2 aromatic heterocycles. The van der Waals surface area contributed by atoms with Gasteiger partial charge in [0.05, 0.1) is 18.5 Å². The van der Waals surface area contributed by atoms with Gasteiger partial charge in [-0.2, -0.15) is 0 Å². The van der Waals surface area contributed by atoms with Gasteiger partial charge in [0.25, 0.3) is 5.91 Å². The second kappa shape index (κ2) is 6.20. The number of likely N-dealkylation sites (tertiary alicyclic amines) is 1. The average molecular weight is 322 g/mol. The number of hydrogen-bond acceptors (Lipinski definition) is 6. The number of amides is 1. The Morgan fingerprint density at radius 2 is 2.32 bits per heavy atom. The van der Waals surface area contributed by atoms with Crippen LogP contribution in [-0.4, -0.2) is 53.3 Å². The average Bonchev–Trinajstić information content (AvgIpc) is 3.18. The highest BCUT2D eigenvalue weighted by Gasteiger charge is 2.34. The van der Waals surface area contributed by atoms with E-state index in [4.69, 9.17) is 9.15 Å². The Kier molecular flexibility index (Phi) is 4.28. The number of aromatic nitrogens is 1. The molecule has 1 fully saturated rings. The van der Waals surface area contributed by atoms with Crippen LogP contribution in [0.1, 0.15) is 23.3 Å². The van der Waals surface area contributed by atoms with Gasteiger partial charge in [-0.15, -0.1) is 11.3 Å². The molecular weight excluding hydrogens is 304 g/mol. The lowest BCUT2D eigenvalue weighted by atomic mass is 9.92. The Morgan fingerprint density at radius 3 is 2.95 bits per heavy atom. The topological polar surface area (TPSA) is 75.8 Å². The summed E-state index contributed by atoms with van der Waals surface area (Å²) in [7, 11) is 1.57. The number of piperidine rings is 1. The fourth-order valence-electron chi connectivity index (χ4n) is 2.59. The third-order valence-electron chi connectivity index (χ3n) is 3.89. The predicted molar refractivity (Wildman–Crippen MR) is 81.8 cm³/mol. The number of hydrogen-bond donors (Lipinski definition) is 1. The molecule has 0 radical (unpaired) electrons. The van der Waals surface area contributed by atoms with E-state index in [1.165, 1.54) is 11.3 Å². The van der Waals surface area contributed by atoms with E-state index >= 15 is 0 Å². The van der Waals surface area contributed by atoms with Crippen molar-refractivity contribution < 1.29 is 19.1 Å². The Morgan fingerprint density at radius 1 is 1.55 bits per heavy atom. The highest BCUT2D eigenvalue weighted by Crippen LogP contribution is 2.27. The minimum atomic E-state index is -0.824. The zero-order valence-electron chi connectivity index (χ0n) is 12.3. The Hall–Kier alpha value is -1.70. The van der Waals surface area contributed by atoms with Gasteiger partial charge in [0.2, 0.25) is 0 Å². The first kappa shape index (κ1) is 15.2. The van der Waals surface area contributed by atoms with Gasteiger partial charge in [-0.3, -0.25) is 4.79 Å². The number of nitrogens with zero attached hydrogens (tertiary/aromatic N) is 2. The van der Waals surface area contributed by atoms with Crippen LogP contribution in [0.5, 0.6) is 0 Å². The largest absolute Gasteiger partial charge is 0.472 e. The van der Waals surface area contributed by atoms with Gasteiger partial charge in [-0.1, -0.05) is 0 Å². The van der Waals surface area contributed by atoms with Crippen LogP contribution >= 0.6 is 11.3 Å². The molecule has 7 heteroatoms. The fraction of sp³-hybridized carbons (Fsp3) is 0.467. The maximum absolute atomic E-state index is 12.5. The number of aliphatic hydroxyl groups is 1. The lowest BCUT2D eigenvalue weighted by molar-refractivity contribution is -0.0663. The van der Waals surface area contributed by atoms with Gasteiger partial charge in [0.1, 0.15) is 17.0 Å². The van der Waals surface area contributed by atoms with Crippen molar-refractivity contribution in [1.29, 1.82) is 0 Å². The molecule has 1 saturated heterocycles. The number of carbonyl (C=O) groups excluding carboxylic acids is 1. The summed E-state index contributed by atoms with van der Waals surface area (Å²) in [6, 6.07) is 1.82. The molecule has 0 aliphatic carbocycles. The normalized spacial score (nSPS) is 17.6. The van der Waals surface area contributed by atoms with Gasteiger partial charge < -0.3 is 19.2 Å². The Bertz CT molecular complexity index is 630. The van der Waals surface area contributed by atoms with Crippen molar-refractivity contribution in [2.45, 2.75) is 18.4 Å². The minimum Gasteiger partial charge on any atom is -0.472 e. The van der Waals surface area contributed by atoms with Gasteiger partial charge in [-0.05, 0) is 18.9 Å². The fourth-order valence-corrected chi connectivity index (χ4v) is 3.37. The van der Waals surface area contributed by atoms with E-state index in [9.17, 15) is 9.90 Å². The molecule has 22 heavy (non-hydrogen) atoms. The standard InChI is InChI=1S/C15H18N2O4S/c1-20-10-15(19)3-5-17(6-4-15)14(18)12-9-22-13(16-12)11-2-7-21-8-11/h2,7-9,19H,3-6,10H2,1H3. The van der Waals surface area contributed by atoms with Crippen molar-refractivity contribution in [2.75, 3.05) is 26.8 Å². The second-order valence-electron chi connectivity index (χ2n) is 5.50. The minimum absolute atomic E-state index is 0.0922. The smallest absolute Gasteiger partial charge is 0.273 e. The van der Waals surface area contributed by atoms with Crippen LogP contribution in [0, 0.1) is 0 Å². The molecule has 1 amide bonds. The molecule has 6 nitrogen and oxygen atoms in total. The van der Waals surface area contributed by atoms with Gasteiger partial charge in [0, 0.05) is 31.1 Å². The summed E-state index contributed by atoms with van der Waals surface area (Å²) in [6.45, 7) is 1.32. The molecule has 1 aliphatic rings. The number of furan rings is 1. The molecule has 3 rings (SSSR count). The Balaban J connectivity index is 1.66. The maximum atomic E-state index is 12.5. The highest BCUT2D eigenvalue weighted by atomic mass is 32.1. The van der Waals surface area contributed by atoms with E-state index in [1.807, 2.05) is 6.07 Å². The third-order valence-corrected chi connectivity index (χ3v) is 4.78. The molecule has 0 spiro atoms. The second-order valence-corrected chi connectivity index (χ2v) is 6.36. The number of thiazole rings is 1. The van der Waals surface area contributed by atoms with E-state index in [0.717, 1.165) is 10.6 Å². The number of methoxy groups -OCH3 is 1. The molecule has 0 bridgehead atoms. The molecule has 0 saturated carbocycles. The molecule has 0 atom stereocenters. The van der Waals surface area contributed by atoms with Crippen molar-refractivity contribution >= 4 is 17.2 Å². The van der Waals surface area contributed by atoms with Gasteiger partial charge in [0.15, 0.2) is 0 Å². The molecular formula is C15H18N2O4S. The predicted octanol–water partition coefficient (Wildman–Crippen LogP) is 2.02. The first-order valence-corrected chi connectivity index (χ1v) is 7.98. The summed E-state index contributed by atoms with van der Waals surface area (Å²) in [6.07, 6.45) is 4.23. The quantitative estimate of drug-likeness (QED) is 0.932. The van der Waals surface area contributed by atoms with Crippen LogP contribution in [0.4, 0.5) is 0 Å².